The minimum Gasteiger partial charge on any atom is -0.462 e. The summed E-state index contributed by atoms with van der Waals surface area (Å²) < 4.78 is 9.97. The van der Waals surface area contributed by atoms with E-state index >= 15 is 0 Å². The molecule has 0 unspecified atom stereocenters. The molecule has 0 saturated carbocycles. The first kappa shape index (κ1) is 24.9. The topological polar surface area (TPSA) is 52.6 Å². The molecule has 2 aromatic rings. The van der Waals surface area contributed by atoms with Crippen LogP contribution in [0.2, 0.25) is 0 Å². The van der Waals surface area contributed by atoms with Crippen LogP contribution >= 0.6 is 0 Å². The predicted octanol–water partition coefficient (Wildman–Crippen LogP) is 5.48. The van der Waals surface area contributed by atoms with Crippen molar-refractivity contribution < 1.29 is 19.1 Å². The highest BCUT2D eigenvalue weighted by atomic mass is 16.5. The summed E-state index contributed by atoms with van der Waals surface area (Å²) in [6.45, 7) is 11.3. The number of benzene rings is 2. The summed E-state index contributed by atoms with van der Waals surface area (Å²) in [4.78, 5) is 22.1. The highest BCUT2D eigenvalue weighted by Crippen LogP contribution is 2.04. The minimum atomic E-state index is -0.303. The zero-order valence-electron chi connectivity index (χ0n) is 18.1. The molecule has 0 N–H and O–H groups in total. The summed E-state index contributed by atoms with van der Waals surface area (Å²) in [5.41, 5.74) is 3.44. The Labute approximate surface area is 180 Å². The molecular weight excluding hydrogens is 376 g/mol. The number of hydrogen-bond donors (Lipinski definition) is 0. The van der Waals surface area contributed by atoms with Gasteiger partial charge in [-0.1, -0.05) is 73.8 Å². The van der Waals surface area contributed by atoms with Crippen molar-refractivity contribution in [3.05, 3.63) is 96.1 Å². The van der Waals surface area contributed by atoms with E-state index in [4.69, 9.17) is 9.47 Å². The van der Waals surface area contributed by atoms with Crippen LogP contribution < -0.4 is 0 Å². The van der Waals surface area contributed by atoms with Crippen molar-refractivity contribution in [1.29, 1.82) is 0 Å². The van der Waals surface area contributed by atoms with E-state index in [9.17, 15) is 9.59 Å². The summed E-state index contributed by atoms with van der Waals surface area (Å²) in [5.74, 6) is -0.605. The van der Waals surface area contributed by atoms with E-state index in [1.807, 2.05) is 36.4 Å². The second kappa shape index (κ2) is 14.8. The van der Waals surface area contributed by atoms with Crippen molar-refractivity contribution >= 4 is 11.9 Å². The van der Waals surface area contributed by atoms with Gasteiger partial charge < -0.3 is 9.47 Å². The first-order chi connectivity index (χ1) is 14.4. The van der Waals surface area contributed by atoms with Gasteiger partial charge in [-0.15, -0.1) is 0 Å². The van der Waals surface area contributed by atoms with E-state index in [2.05, 4.69) is 37.4 Å². The SMILES string of the molecule is C=C(C)C(=O)OCCCc1ccccc1.C=C(C)C(=O)OCCCc1ccccc1. The lowest BCUT2D eigenvalue weighted by Crippen LogP contribution is -2.06. The van der Waals surface area contributed by atoms with Crippen molar-refractivity contribution in [1.82, 2.24) is 0 Å². The Morgan fingerprint density at radius 1 is 0.667 bits per heavy atom. The highest BCUT2D eigenvalue weighted by Gasteiger charge is 2.02. The summed E-state index contributed by atoms with van der Waals surface area (Å²) in [6, 6.07) is 20.3. The first-order valence-corrected chi connectivity index (χ1v) is 10.1. The van der Waals surface area contributed by atoms with E-state index < -0.39 is 0 Å². The summed E-state index contributed by atoms with van der Waals surface area (Å²) >= 11 is 0. The van der Waals surface area contributed by atoms with Gasteiger partial charge in [0, 0.05) is 11.1 Å². The average molecular weight is 409 g/mol. The smallest absolute Gasteiger partial charge is 0.333 e. The average Bonchev–Trinajstić information content (AvgIpc) is 2.75. The Morgan fingerprint density at radius 2 is 1.00 bits per heavy atom. The van der Waals surface area contributed by atoms with Crippen LogP contribution in [0.1, 0.15) is 37.8 Å². The number of carbonyl (C=O) groups is 2. The third-order valence-electron chi connectivity index (χ3n) is 4.07. The molecule has 0 aliphatic carbocycles. The molecule has 4 nitrogen and oxygen atoms in total. The molecule has 0 aliphatic heterocycles. The lowest BCUT2D eigenvalue weighted by atomic mass is 10.1. The maximum absolute atomic E-state index is 11.0. The van der Waals surface area contributed by atoms with Gasteiger partial charge in [-0.25, -0.2) is 9.59 Å². The third-order valence-corrected chi connectivity index (χ3v) is 4.07. The summed E-state index contributed by atoms with van der Waals surface area (Å²) in [7, 11) is 0. The van der Waals surface area contributed by atoms with Gasteiger partial charge >= 0.3 is 11.9 Å². The second-order valence-electron chi connectivity index (χ2n) is 7.01. The first-order valence-electron chi connectivity index (χ1n) is 10.1. The number of aryl methyl sites for hydroxylation is 2. The maximum Gasteiger partial charge on any atom is 0.333 e. The Morgan fingerprint density at radius 3 is 1.30 bits per heavy atom. The zero-order chi connectivity index (χ0) is 22.2. The van der Waals surface area contributed by atoms with Crippen LogP contribution in [-0.4, -0.2) is 25.2 Å². The quantitative estimate of drug-likeness (QED) is 0.297. The third kappa shape index (κ3) is 11.6. The van der Waals surface area contributed by atoms with Crippen LogP contribution in [0.5, 0.6) is 0 Å². The van der Waals surface area contributed by atoms with Gasteiger partial charge in [0.1, 0.15) is 0 Å². The number of ether oxygens (including phenoxy) is 2. The molecule has 0 radical (unpaired) electrons. The molecule has 2 rings (SSSR count). The molecule has 0 fully saturated rings. The van der Waals surface area contributed by atoms with Gasteiger partial charge in [0.2, 0.25) is 0 Å². The van der Waals surface area contributed by atoms with Gasteiger partial charge in [-0.3, -0.25) is 0 Å². The van der Waals surface area contributed by atoms with E-state index in [0.29, 0.717) is 24.4 Å². The van der Waals surface area contributed by atoms with Gasteiger partial charge in [0.25, 0.3) is 0 Å². The van der Waals surface area contributed by atoms with Crippen molar-refractivity contribution in [3.63, 3.8) is 0 Å². The molecule has 0 spiro atoms. The van der Waals surface area contributed by atoms with Crippen molar-refractivity contribution in [2.45, 2.75) is 39.5 Å². The lowest BCUT2D eigenvalue weighted by Gasteiger charge is -2.04. The van der Waals surface area contributed by atoms with Crippen LogP contribution in [0.15, 0.2) is 85.0 Å². The number of carbonyl (C=O) groups excluding carboxylic acids is 2. The largest absolute Gasteiger partial charge is 0.462 e. The molecule has 0 bridgehead atoms. The monoisotopic (exact) mass is 408 g/mol. The minimum absolute atomic E-state index is 0.303. The van der Waals surface area contributed by atoms with Crippen LogP contribution in [0.4, 0.5) is 0 Å². The second-order valence-corrected chi connectivity index (χ2v) is 7.01. The van der Waals surface area contributed by atoms with Crippen LogP contribution in [0, 0.1) is 0 Å². The molecule has 0 aliphatic rings. The Hall–Kier alpha value is -3.14. The Kier molecular flexibility index (Phi) is 12.3. The molecule has 0 aromatic heterocycles. The number of hydrogen-bond acceptors (Lipinski definition) is 4. The highest BCUT2D eigenvalue weighted by molar-refractivity contribution is 5.87. The molecule has 0 heterocycles. The van der Waals surface area contributed by atoms with Gasteiger partial charge in [0.15, 0.2) is 0 Å². The van der Waals surface area contributed by atoms with Crippen LogP contribution in [0.25, 0.3) is 0 Å². The van der Waals surface area contributed by atoms with E-state index in [1.165, 1.54) is 11.1 Å². The molecule has 160 valence electrons. The molecule has 4 heteroatoms. The standard InChI is InChI=1S/2C13H16O2/c2*1-11(2)13(14)15-10-6-9-12-7-4-3-5-8-12/h2*3-5,7-8H,1,6,9-10H2,2H3. The molecular formula is C26H32O4. The normalized spacial score (nSPS) is 9.67. The molecule has 30 heavy (non-hydrogen) atoms. The molecule has 2 aromatic carbocycles. The summed E-state index contributed by atoms with van der Waals surface area (Å²) in [6.07, 6.45) is 3.57. The predicted molar refractivity (Wildman–Crippen MR) is 121 cm³/mol. The number of rotatable bonds is 10. The van der Waals surface area contributed by atoms with E-state index in [1.54, 1.807) is 13.8 Å². The molecule has 0 saturated heterocycles. The molecule has 0 amide bonds. The van der Waals surface area contributed by atoms with Gasteiger partial charge in [-0.2, -0.15) is 0 Å². The fraction of sp³-hybridized carbons (Fsp3) is 0.308. The van der Waals surface area contributed by atoms with Crippen molar-refractivity contribution in [3.8, 4) is 0 Å². The lowest BCUT2D eigenvalue weighted by molar-refractivity contribution is -0.139. The zero-order valence-corrected chi connectivity index (χ0v) is 18.1. The molecule has 0 atom stereocenters. The maximum atomic E-state index is 11.0. The van der Waals surface area contributed by atoms with Crippen LogP contribution in [0.3, 0.4) is 0 Å². The van der Waals surface area contributed by atoms with E-state index in [-0.39, 0.29) is 11.9 Å². The van der Waals surface area contributed by atoms with Gasteiger partial charge in [0.05, 0.1) is 13.2 Å². The fourth-order valence-electron chi connectivity index (χ4n) is 2.42. The van der Waals surface area contributed by atoms with E-state index in [0.717, 1.165) is 25.7 Å². The Bertz CT molecular complexity index is 725. The van der Waals surface area contributed by atoms with Crippen molar-refractivity contribution in [2.24, 2.45) is 0 Å². The fourth-order valence-corrected chi connectivity index (χ4v) is 2.42. The Balaban J connectivity index is 0.000000300. The number of esters is 2. The van der Waals surface area contributed by atoms with Crippen molar-refractivity contribution in [2.75, 3.05) is 13.2 Å². The van der Waals surface area contributed by atoms with Crippen LogP contribution in [-0.2, 0) is 31.9 Å². The van der Waals surface area contributed by atoms with Gasteiger partial charge in [-0.05, 0) is 50.7 Å². The summed E-state index contributed by atoms with van der Waals surface area (Å²) in [5, 5.41) is 0.